The molecule has 0 unspecified atom stereocenters. The molecule has 4 rings (SSSR count). The molecule has 4 aromatic rings. The molecule has 0 spiro atoms. The maximum Gasteiger partial charge on any atom is 0.321 e. The molecule has 0 aliphatic heterocycles. The predicted octanol–water partition coefficient (Wildman–Crippen LogP) is 5.19. The van der Waals surface area contributed by atoms with Crippen LogP contribution in [0, 0.1) is 32.0 Å². The van der Waals surface area contributed by atoms with Gasteiger partial charge in [0.25, 0.3) is 0 Å². The molecule has 180 valence electrons. The number of aliphatic imine (C=N–C) groups is 2. The van der Waals surface area contributed by atoms with E-state index in [2.05, 4.69) is 42.6 Å². The van der Waals surface area contributed by atoms with Gasteiger partial charge in [0.15, 0.2) is 5.82 Å². The van der Waals surface area contributed by atoms with Crippen molar-refractivity contribution in [1.82, 2.24) is 24.5 Å². The number of terminal acetylenes is 1. The van der Waals surface area contributed by atoms with Crippen molar-refractivity contribution in [2.24, 2.45) is 17.0 Å². The van der Waals surface area contributed by atoms with Crippen molar-refractivity contribution in [3.05, 3.63) is 65.4 Å². The fourth-order valence-corrected chi connectivity index (χ4v) is 3.88. The lowest BCUT2D eigenvalue weighted by molar-refractivity contribution is 0.539. The standard InChI is InChI=1S/C27H24FN7O/c1-8-15(3)34-27(29-6)36-18-10-11-21(30-12-18)23-22-17(5)32-14-33-26(22)35(7)25(23)19-13-31-20(9-2)24(28)16(19)4/h2,8,10-14H,6H2,1,3-5,7H3/b15-8-,34-27+. The monoisotopic (exact) mass is 481 g/mol. The minimum atomic E-state index is -0.536. The van der Waals surface area contributed by atoms with E-state index in [1.165, 1.54) is 6.33 Å². The van der Waals surface area contributed by atoms with Crippen molar-refractivity contribution in [2.75, 3.05) is 0 Å². The van der Waals surface area contributed by atoms with Gasteiger partial charge in [0.05, 0.1) is 28.7 Å². The van der Waals surface area contributed by atoms with Crippen molar-refractivity contribution in [1.29, 1.82) is 0 Å². The van der Waals surface area contributed by atoms with Gasteiger partial charge >= 0.3 is 6.02 Å². The minimum Gasteiger partial charge on any atom is -0.423 e. The Balaban J connectivity index is 1.91. The van der Waals surface area contributed by atoms with Gasteiger partial charge in [-0.15, -0.1) is 6.42 Å². The zero-order valence-corrected chi connectivity index (χ0v) is 20.7. The Bertz CT molecular complexity index is 1590. The maximum atomic E-state index is 15.0. The number of ether oxygens (including phenoxy) is 1. The van der Waals surface area contributed by atoms with E-state index in [0.29, 0.717) is 33.9 Å². The first kappa shape index (κ1) is 24.4. The topological polar surface area (TPSA) is 90.4 Å². The average Bonchev–Trinajstić information content (AvgIpc) is 3.18. The van der Waals surface area contributed by atoms with Crippen molar-refractivity contribution in [3.63, 3.8) is 0 Å². The SMILES string of the molecule is C#Cc1ncc(-c2c(-c3ccc(O/C(N=C)=N/C(C)=C\C)cn3)c3c(C)ncnc3n2C)c(C)c1F. The molecule has 36 heavy (non-hydrogen) atoms. The molecule has 0 saturated carbocycles. The Hall–Kier alpha value is -4.71. The molecule has 0 radical (unpaired) electrons. The zero-order chi connectivity index (χ0) is 26.0. The summed E-state index contributed by atoms with van der Waals surface area (Å²) in [5.74, 6) is 2.19. The van der Waals surface area contributed by atoms with Gasteiger partial charge in [-0.05, 0) is 58.0 Å². The van der Waals surface area contributed by atoms with E-state index in [1.54, 1.807) is 31.5 Å². The van der Waals surface area contributed by atoms with Gasteiger partial charge in [-0.2, -0.15) is 0 Å². The Morgan fingerprint density at radius 1 is 1.19 bits per heavy atom. The Morgan fingerprint density at radius 3 is 2.61 bits per heavy atom. The third-order valence-corrected chi connectivity index (χ3v) is 5.84. The second-order valence-corrected chi connectivity index (χ2v) is 8.01. The van der Waals surface area contributed by atoms with Crippen LogP contribution in [0.4, 0.5) is 4.39 Å². The van der Waals surface area contributed by atoms with E-state index >= 15 is 0 Å². The summed E-state index contributed by atoms with van der Waals surface area (Å²) in [6, 6.07) is 3.67. The molecule has 8 nitrogen and oxygen atoms in total. The van der Waals surface area contributed by atoms with E-state index in [9.17, 15) is 4.39 Å². The summed E-state index contributed by atoms with van der Waals surface area (Å²) < 4.78 is 22.6. The van der Waals surface area contributed by atoms with Gasteiger partial charge in [0.1, 0.15) is 23.4 Å². The van der Waals surface area contributed by atoms with Crippen LogP contribution in [0.3, 0.4) is 0 Å². The number of allylic oxidation sites excluding steroid dienone is 2. The Morgan fingerprint density at radius 2 is 1.97 bits per heavy atom. The minimum absolute atomic E-state index is 0.0337. The quantitative estimate of drug-likeness (QED) is 0.227. The van der Waals surface area contributed by atoms with Gasteiger partial charge in [0, 0.05) is 30.1 Å². The molecular formula is C27H24FN7O. The third-order valence-electron chi connectivity index (χ3n) is 5.84. The molecule has 4 aromatic heterocycles. The number of hydrogen-bond acceptors (Lipinski definition) is 6. The first-order chi connectivity index (χ1) is 17.3. The molecule has 0 atom stereocenters. The number of fused-ring (bicyclic) bond motifs is 1. The molecule has 9 heteroatoms. The predicted molar refractivity (Wildman–Crippen MR) is 139 cm³/mol. The van der Waals surface area contributed by atoms with Crippen LogP contribution in [0.2, 0.25) is 0 Å². The summed E-state index contributed by atoms with van der Waals surface area (Å²) in [6.45, 7) is 10.8. The number of rotatable bonds is 4. The molecular weight excluding hydrogens is 457 g/mol. The number of nitrogens with zero attached hydrogens (tertiary/aromatic N) is 7. The van der Waals surface area contributed by atoms with Crippen molar-refractivity contribution in [2.45, 2.75) is 27.7 Å². The molecule has 0 amide bonds. The highest BCUT2D eigenvalue weighted by Crippen LogP contribution is 2.41. The van der Waals surface area contributed by atoms with E-state index < -0.39 is 5.82 Å². The fourth-order valence-electron chi connectivity index (χ4n) is 3.88. The average molecular weight is 482 g/mol. The Labute approximate surface area is 208 Å². The van der Waals surface area contributed by atoms with Gasteiger partial charge in [-0.3, -0.25) is 4.98 Å². The first-order valence-corrected chi connectivity index (χ1v) is 11.0. The van der Waals surface area contributed by atoms with E-state index in [1.807, 2.05) is 38.5 Å². The lowest BCUT2D eigenvalue weighted by Gasteiger charge is -2.12. The van der Waals surface area contributed by atoms with Crippen LogP contribution in [-0.4, -0.2) is 37.2 Å². The lowest BCUT2D eigenvalue weighted by Crippen LogP contribution is -2.05. The first-order valence-electron chi connectivity index (χ1n) is 11.0. The summed E-state index contributed by atoms with van der Waals surface area (Å²) in [6.07, 6.45) is 11.9. The lowest BCUT2D eigenvalue weighted by atomic mass is 9.99. The second-order valence-electron chi connectivity index (χ2n) is 8.01. The van der Waals surface area contributed by atoms with Crippen LogP contribution in [0.1, 0.15) is 30.8 Å². The molecule has 0 aromatic carbocycles. The van der Waals surface area contributed by atoms with Crippen molar-refractivity contribution in [3.8, 4) is 40.6 Å². The summed E-state index contributed by atoms with van der Waals surface area (Å²) >= 11 is 0. The van der Waals surface area contributed by atoms with Gasteiger partial charge in [-0.25, -0.2) is 29.3 Å². The van der Waals surface area contributed by atoms with Crippen molar-refractivity contribution < 1.29 is 9.13 Å². The largest absolute Gasteiger partial charge is 0.423 e. The summed E-state index contributed by atoms with van der Waals surface area (Å²) in [4.78, 5) is 25.7. The van der Waals surface area contributed by atoms with Crippen LogP contribution in [0.15, 0.2) is 52.6 Å². The van der Waals surface area contributed by atoms with Crippen LogP contribution in [-0.2, 0) is 7.05 Å². The van der Waals surface area contributed by atoms with E-state index in [0.717, 1.165) is 22.3 Å². The summed E-state index contributed by atoms with van der Waals surface area (Å²) in [5.41, 5.74) is 5.18. The van der Waals surface area contributed by atoms with E-state index in [4.69, 9.17) is 11.2 Å². The van der Waals surface area contributed by atoms with Gasteiger partial charge in [0.2, 0.25) is 0 Å². The van der Waals surface area contributed by atoms with Crippen LogP contribution in [0.5, 0.6) is 5.75 Å². The number of hydrogen-bond donors (Lipinski definition) is 0. The normalized spacial score (nSPS) is 12.0. The highest BCUT2D eigenvalue weighted by molar-refractivity contribution is 6.03. The molecule has 0 fully saturated rings. The Kier molecular flexibility index (Phi) is 6.70. The highest BCUT2D eigenvalue weighted by Gasteiger charge is 2.25. The fraction of sp³-hybridized carbons (Fsp3) is 0.185. The second kappa shape index (κ2) is 9.88. The van der Waals surface area contributed by atoms with Gasteiger partial charge in [-0.1, -0.05) is 6.08 Å². The number of pyridine rings is 2. The number of halogens is 1. The van der Waals surface area contributed by atoms with E-state index in [-0.39, 0.29) is 11.7 Å². The molecule has 0 aliphatic carbocycles. The molecule has 0 bridgehead atoms. The zero-order valence-electron chi connectivity index (χ0n) is 20.7. The van der Waals surface area contributed by atoms with Crippen molar-refractivity contribution >= 4 is 23.8 Å². The third kappa shape index (κ3) is 4.25. The molecule has 0 saturated heterocycles. The van der Waals surface area contributed by atoms with Crippen LogP contribution >= 0.6 is 0 Å². The summed E-state index contributed by atoms with van der Waals surface area (Å²) in [5, 5.41) is 0.802. The highest BCUT2D eigenvalue weighted by atomic mass is 19.1. The van der Waals surface area contributed by atoms with Crippen LogP contribution in [0.25, 0.3) is 33.5 Å². The van der Waals surface area contributed by atoms with Gasteiger partial charge < -0.3 is 9.30 Å². The number of amidine groups is 1. The molecule has 4 heterocycles. The number of aryl methyl sites for hydroxylation is 2. The maximum absolute atomic E-state index is 15.0. The number of aromatic nitrogens is 5. The smallest absolute Gasteiger partial charge is 0.321 e. The molecule has 0 aliphatic rings. The van der Waals surface area contributed by atoms with Crippen LogP contribution < -0.4 is 4.74 Å². The molecule has 0 N–H and O–H groups in total. The summed E-state index contributed by atoms with van der Waals surface area (Å²) in [7, 11) is 1.86.